The van der Waals surface area contributed by atoms with Gasteiger partial charge in [-0.05, 0) is 13.8 Å². The second kappa shape index (κ2) is 5.55. The van der Waals surface area contributed by atoms with Crippen LogP contribution in [0.25, 0.3) is 0 Å². The molecule has 2 aromatic heterocycles. The van der Waals surface area contributed by atoms with Gasteiger partial charge in [0, 0.05) is 12.7 Å². The lowest BCUT2D eigenvalue weighted by atomic mass is 10.3. The normalized spacial score (nSPS) is 10.5. The van der Waals surface area contributed by atoms with E-state index in [2.05, 4.69) is 20.3 Å². The number of aromatic amines is 1. The average Bonchev–Trinajstić information content (AvgIpc) is 2.40. The molecule has 0 saturated carbocycles. The highest BCUT2D eigenvalue weighted by Crippen LogP contribution is 2.10. The number of anilines is 2. The topological polar surface area (TPSA) is 119 Å². The number of nitrogen functional groups attached to an aromatic ring is 1. The second-order valence-corrected chi connectivity index (χ2v) is 4.27. The molecular formula is C12H16N6O2. The highest BCUT2D eigenvalue weighted by Gasteiger charge is 2.11. The minimum absolute atomic E-state index is 0.112. The summed E-state index contributed by atoms with van der Waals surface area (Å²) in [4.78, 5) is 33.8. The van der Waals surface area contributed by atoms with Gasteiger partial charge in [0.2, 0.25) is 0 Å². The van der Waals surface area contributed by atoms with Crippen molar-refractivity contribution in [2.45, 2.75) is 26.9 Å². The van der Waals surface area contributed by atoms with E-state index in [4.69, 9.17) is 5.73 Å². The summed E-state index contributed by atoms with van der Waals surface area (Å²) in [6, 6.07) is 0. The van der Waals surface area contributed by atoms with Gasteiger partial charge in [-0.2, -0.15) is 0 Å². The maximum absolute atomic E-state index is 11.8. The molecule has 0 amide bonds. The van der Waals surface area contributed by atoms with Crippen LogP contribution in [0.4, 0.5) is 11.5 Å². The molecule has 0 spiro atoms. The van der Waals surface area contributed by atoms with E-state index >= 15 is 0 Å². The number of aromatic nitrogens is 4. The molecule has 2 heterocycles. The van der Waals surface area contributed by atoms with E-state index in [0.717, 1.165) is 5.69 Å². The monoisotopic (exact) mass is 276 g/mol. The van der Waals surface area contributed by atoms with Crippen LogP contribution in [0.3, 0.4) is 0 Å². The molecule has 8 heteroatoms. The second-order valence-electron chi connectivity index (χ2n) is 4.27. The molecule has 8 nitrogen and oxygen atoms in total. The largest absolute Gasteiger partial charge is 0.383 e. The van der Waals surface area contributed by atoms with E-state index in [0.29, 0.717) is 18.8 Å². The standard InChI is InChI=1S/C12H16N6O2/c1-3-18-10(13)9(11(19)17-12(18)20)16-6-8-5-14-7(2)4-15-8/h4-5,16H,3,6,13H2,1-2H3,(H,17,19,20). The molecule has 2 aromatic rings. The third-order valence-electron chi connectivity index (χ3n) is 2.84. The molecule has 0 atom stereocenters. The van der Waals surface area contributed by atoms with Crippen LogP contribution in [0.1, 0.15) is 18.3 Å². The van der Waals surface area contributed by atoms with E-state index in [1.54, 1.807) is 19.3 Å². The molecular weight excluding hydrogens is 260 g/mol. The zero-order valence-corrected chi connectivity index (χ0v) is 11.3. The predicted octanol–water partition coefficient (Wildman–Crippen LogP) is -0.151. The fourth-order valence-electron chi connectivity index (χ4n) is 1.76. The quantitative estimate of drug-likeness (QED) is 0.714. The molecule has 2 rings (SSSR count). The average molecular weight is 276 g/mol. The highest BCUT2D eigenvalue weighted by atomic mass is 16.2. The number of rotatable bonds is 4. The van der Waals surface area contributed by atoms with Crippen molar-refractivity contribution in [2.24, 2.45) is 0 Å². The zero-order valence-electron chi connectivity index (χ0n) is 11.3. The van der Waals surface area contributed by atoms with E-state index in [-0.39, 0.29) is 11.5 Å². The van der Waals surface area contributed by atoms with Gasteiger partial charge in [-0.1, -0.05) is 0 Å². The van der Waals surface area contributed by atoms with Crippen LogP contribution < -0.4 is 22.3 Å². The van der Waals surface area contributed by atoms with E-state index in [1.807, 2.05) is 6.92 Å². The SMILES string of the molecule is CCn1c(N)c(NCc2cnc(C)cn2)c(=O)[nH]c1=O. The maximum atomic E-state index is 11.8. The summed E-state index contributed by atoms with van der Waals surface area (Å²) in [7, 11) is 0. The van der Waals surface area contributed by atoms with Gasteiger partial charge >= 0.3 is 5.69 Å². The Morgan fingerprint density at radius 3 is 2.70 bits per heavy atom. The van der Waals surface area contributed by atoms with Crippen molar-refractivity contribution >= 4 is 11.5 Å². The smallest absolute Gasteiger partial charge is 0.330 e. The lowest BCUT2D eigenvalue weighted by Gasteiger charge is -2.12. The Bertz CT molecular complexity index is 716. The first kappa shape index (κ1) is 13.8. The molecule has 0 aliphatic heterocycles. The van der Waals surface area contributed by atoms with Gasteiger partial charge in [-0.15, -0.1) is 0 Å². The van der Waals surface area contributed by atoms with E-state index < -0.39 is 11.2 Å². The van der Waals surface area contributed by atoms with E-state index in [9.17, 15) is 9.59 Å². The first-order valence-electron chi connectivity index (χ1n) is 6.17. The summed E-state index contributed by atoms with van der Waals surface area (Å²) in [5, 5.41) is 2.89. The molecule has 0 aromatic carbocycles. The van der Waals surface area contributed by atoms with Crippen LogP contribution in [0.15, 0.2) is 22.0 Å². The van der Waals surface area contributed by atoms with Crippen LogP contribution in [0.2, 0.25) is 0 Å². The Kier molecular flexibility index (Phi) is 3.83. The fourth-order valence-corrected chi connectivity index (χ4v) is 1.76. The molecule has 0 unspecified atom stereocenters. The molecule has 0 radical (unpaired) electrons. The third kappa shape index (κ3) is 2.68. The molecule has 0 aliphatic carbocycles. The maximum Gasteiger partial charge on any atom is 0.330 e. The van der Waals surface area contributed by atoms with Crippen molar-refractivity contribution in [2.75, 3.05) is 11.1 Å². The lowest BCUT2D eigenvalue weighted by Crippen LogP contribution is -2.33. The number of nitrogens with zero attached hydrogens (tertiary/aromatic N) is 3. The van der Waals surface area contributed by atoms with Crippen LogP contribution in [0.5, 0.6) is 0 Å². The van der Waals surface area contributed by atoms with Gasteiger partial charge in [0.15, 0.2) is 0 Å². The number of nitrogens with two attached hydrogens (primary N) is 1. The van der Waals surface area contributed by atoms with E-state index in [1.165, 1.54) is 4.57 Å². The number of hydrogen-bond donors (Lipinski definition) is 3. The Morgan fingerprint density at radius 1 is 1.35 bits per heavy atom. The van der Waals surface area contributed by atoms with Gasteiger partial charge in [-0.25, -0.2) is 4.79 Å². The highest BCUT2D eigenvalue weighted by molar-refractivity contribution is 5.60. The van der Waals surface area contributed by atoms with Gasteiger partial charge < -0.3 is 11.1 Å². The van der Waals surface area contributed by atoms with Gasteiger partial charge in [0.05, 0.1) is 24.1 Å². The summed E-state index contributed by atoms with van der Waals surface area (Å²) in [6.45, 7) is 4.28. The summed E-state index contributed by atoms with van der Waals surface area (Å²) in [6.07, 6.45) is 3.25. The van der Waals surface area contributed by atoms with Crippen molar-refractivity contribution in [3.63, 3.8) is 0 Å². The molecule has 4 N–H and O–H groups in total. The van der Waals surface area contributed by atoms with Crippen LogP contribution in [-0.2, 0) is 13.1 Å². The van der Waals surface area contributed by atoms with Gasteiger partial charge in [-0.3, -0.25) is 24.3 Å². The van der Waals surface area contributed by atoms with Crippen molar-refractivity contribution in [3.8, 4) is 0 Å². The van der Waals surface area contributed by atoms with Crippen LogP contribution >= 0.6 is 0 Å². The summed E-state index contributed by atoms with van der Waals surface area (Å²) in [5.41, 5.74) is 6.41. The summed E-state index contributed by atoms with van der Waals surface area (Å²) < 4.78 is 1.28. The first-order valence-corrected chi connectivity index (χ1v) is 6.17. The zero-order chi connectivity index (χ0) is 14.7. The van der Waals surface area contributed by atoms with Crippen molar-refractivity contribution in [3.05, 3.63) is 44.6 Å². The lowest BCUT2D eigenvalue weighted by molar-refractivity contribution is 0.705. The van der Waals surface area contributed by atoms with Gasteiger partial charge in [0.1, 0.15) is 11.5 Å². The van der Waals surface area contributed by atoms with Crippen molar-refractivity contribution < 1.29 is 0 Å². The molecule has 0 fully saturated rings. The number of H-pyrrole nitrogens is 1. The molecule has 20 heavy (non-hydrogen) atoms. The molecule has 0 saturated heterocycles. The molecule has 106 valence electrons. The fraction of sp³-hybridized carbons (Fsp3) is 0.333. The minimum Gasteiger partial charge on any atom is -0.383 e. The molecule has 0 aliphatic rings. The summed E-state index contributed by atoms with van der Waals surface area (Å²) >= 11 is 0. The number of aryl methyl sites for hydroxylation is 1. The Hall–Kier alpha value is -2.64. The van der Waals surface area contributed by atoms with Gasteiger partial charge in [0.25, 0.3) is 5.56 Å². The minimum atomic E-state index is -0.544. The Balaban J connectivity index is 2.28. The summed E-state index contributed by atoms with van der Waals surface area (Å²) in [5.74, 6) is 0.112. The first-order chi connectivity index (χ1) is 9.52. The Morgan fingerprint density at radius 2 is 2.10 bits per heavy atom. The van der Waals surface area contributed by atoms with Crippen molar-refractivity contribution in [1.29, 1.82) is 0 Å². The predicted molar refractivity (Wildman–Crippen MR) is 75.5 cm³/mol. The number of nitrogens with one attached hydrogen (secondary N) is 2. The Labute approximate surface area is 114 Å². The molecule has 0 bridgehead atoms. The van der Waals surface area contributed by atoms with Crippen molar-refractivity contribution in [1.82, 2.24) is 19.5 Å². The van der Waals surface area contributed by atoms with Crippen LogP contribution in [-0.4, -0.2) is 19.5 Å². The third-order valence-corrected chi connectivity index (χ3v) is 2.84. The van der Waals surface area contributed by atoms with Crippen LogP contribution in [0, 0.1) is 6.92 Å². The number of hydrogen-bond acceptors (Lipinski definition) is 6.